The van der Waals surface area contributed by atoms with Gasteiger partial charge < -0.3 is 14.0 Å². The minimum absolute atomic E-state index is 0.529. The quantitative estimate of drug-likeness (QED) is 0.488. The third-order valence-electron chi connectivity index (χ3n) is 4.24. The van der Waals surface area contributed by atoms with Gasteiger partial charge in [-0.2, -0.15) is 0 Å². The highest BCUT2D eigenvalue weighted by atomic mass is 16.7. The molecular weight excluding hydrogens is 323 g/mol. The Labute approximate surface area is 155 Å². The van der Waals surface area contributed by atoms with E-state index in [0.29, 0.717) is 23.2 Å². The molecule has 132 valence electrons. The minimum Gasteiger partial charge on any atom is -0.490 e. The first-order chi connectivity index (χ1) is 12.7. The fraction of sp³-hybridized carbons (Fsp3) is 0.182. The van der Waals surface area contributed by atoms with Crippen LogP contribution in [-0.2, 0) is 0 Å². The average molecular weight is 346 g/mol. The Kier molecular flexibility index (Phi) is 6.21. The molecule has 0 aliphatic rings. The van der Waals surface area contributed by atoms with Gasteiger partial charge in [0.15, 0.2) is 0 Å². The van der Waals surface area contributed by atoms with Crippen LogP contribution in [-0.4, -0.2) is 7.32 Å². The van der Waals surface area contributed by atoms with Gasteiger partial charge in [-0.05, 0) is 54.3 Å². The zero-order chi connectivity index (χ0) is 18.2. The summed E-state index contributed by atoms with van der Waals surface area (Å²) in [6.07, 6.45) is 1.11. The lowest BCUT2D eigenvalue weighted by atomic mass is 9.99. The van der Waals surface area contributed by atoms with Gasteiger partial charge in [-0.15, -0.1) is 0 Å². The smallest absolute Gasteiger partial charge is 0.490 e. The van der Waals surface area contributed by atoms with Gasteiger partial charge in [-0.25, -0.2) is 0 Å². The second-order valence-electron chi connectivity index (χ2n) is 6.15. The number of benzene rings is 3. The van der Waals surface area contributed by atoms with E-state index in [1.165, 1.54) is 5.56 Å². The molecule has 3 rings (SSSR count). The van der Waals surface area contributed by atoms with Crippen LogP contribution in [0, 0.1) is 0 Å². The van der Waals surface area contributed by atoms with E-state index in [1.807, 2.05) is 72.8 Å². The first-order valence-electron chi connectivity index (χ1n) is 8.94. The number of rotatable bonds is 8. The molecule has 3 nitrogen and oxygen atoms in total. The van der Waals surface area contributed by atoms with Crippen LogP contribution in [0.1, 0.15) is 31.7 Å². The van der Waals surface area contributed by atoms with Crippen LogP contribution in [0.25, 0.3) is 0 Å². The molecule has 0 aromatic heterocycles. The predicted molar refractivity (Wildman–Crippen MR) is 106 cm³/mol. The van der Waals surface area contributed by atoms with E-state index >= 15 is 0 Å². The van der Waals surface area contributed by atoms with Crippen molar-refractivity contribution in [3.63, 3.8) is 0 Å². The molecule has 0 N–H and O–H groups in total. The van der Waals surface area contributed by atoms with Crippen LogP contribution < -0.4 is 14.0 Å². The lowest BCUT2D eigenvalue weighted by molar-refractivity contribution is 0.307. The highest BCUT2D eigenvalue weighted by molar-refractivity contribution is 6.39. The van der Waals surface area contributed by atoms with E-state index in [0.717, 1.165) is 6.42 Å². The van der Waals surface area contributed by atoms with Gasteiger partial charge >= 0.3 is 7.32 Å². The van der Waals surface area contributed by atoms with Crippen molar-refractivity contribution in [3.8, 4) is 17.2 Å². The molecule has 0 amide bonds. The van der Waals surface area contributed by atoms with Crippen LogP contribution in [0.2, 0.25) is 0 Å². The maximum atomic E-state index is 5.95. The Morgan fingerprint density at radius 3 is 1.50 bits per heavy atom. The zero-order valence-electron chi connectivity index (χ0n) is 15.2. The maximum absolute atomic E-state index is 5.95. The molecule has 0 saturated carbocycles. The fourth-order valence-electron chi connectivity index (χ4n) is 2.51. The summed E-state index contributed by atoms with van der Waals surface area (Å²) in [5.41, 5.74) is 1.30. The Morgan fingerprint density at radius 2 is 1.08 bits per heavy atom. The van der Waals surface area contributed by atoms with Crippen LogP contribution in [0.3, 0.4) is 0 Å². The van der Waals surface area contributed by atoms with Gasteiger partial charge in [0.1, 0.15) is 17.2 Å². The number of hydrogen-bond donors (Lipinski definition) is 0. The first kappa shape index (κ1) is 17.9. The van der Waals surface area contributed by atoms with E-state index in [2.05, 4.69) is 26.0 Å². The molecule has 1 atom stereocenters. The molecule has 4 heteroatoms. The molecule has 0 fully saturated rings. The summed E-state index contributed by atoms with van der Waals surface area (Å²) in [6.45, 7) is 4.40. The lowest BCUT2D eigenvalue weighted by Gasteiger charge is -2.17. The van der Waals surface area contributed by atoms with Crippen molar-refractivity contribution in [2.45, 2.75) is 26.2 Å². The highest BCUT2D eigenvalue weighted by Gasteiger charge is 2.30. The molecule has 0 aliphatic carbocycles. The van der Waals surface area contributed by atoms with E-state index in [9.17, 15) is 0 Å². The Bertz CT molecular complexity index is 734. The summed E-state index contributed by atoms with van der Waals surface area (Å²) in [5.74, 6) is 2.60. The van der Waals surface area contributed by atoms with Gasteiger partial charge in [-0.1, -0.05) is 62.4 Å². The molecule has 0 heterocycles. The topological polar surface area (TPSA) is 27.7 Å². The number of para-hydroxylation sites is 2. The van der Waals surface area contributed by atoms with Gasteiger partial charge in [0.25, 0.3) is 0 Å². The normalized spacial score (nSPS) is 11.5. The van der Waals surface area contributed by atoms with Crippen molar-refractivity contribution in [3.05, 3.63) is 90.5 Å². The van der Waals surface area contributed by atoms with Crippen molar-refractivity contribution in [1.82, 2.24) is 0 Å². The molecule has 3 aromatic rings. The largest absolute Gasteiger partial charge is 0.864 e. The third kappa shape index (κ3) is 5.06. The van der Waals surface area contributed by atoms with Crippen LogP contribution in [0.4, 0.5) is 0 Å². The zero-order valence-corrected chi connectivity index (χ0v) is 15.2. The summed E-state index contributed by atoms with van der Waals surface area (Å²) in [4.78, 5) is 0. The van der Waals surface area contributed by atoms with Gasteiger partial charge in [-0.3, -0.25) is 0 Å². The standard InChI is InChI=1S/C22H23BO3/c1-3-18(2)19-14-16-22(17-15-19)26-23(24-20-10-6-4-7-11-20)25-21-12-8-5-9-13-21/h4-18H,3H2,1-2H3. The SMILES string of the molecule is CCC(C)c1ccc(OB(Oc2ccccc2)Oc2ccccc2)cc1. The molecule has 3 aromatic carbocycles. The molecule has 0 spiro atoms. The molecule has 0 saturated heterocycles. The molecule has 0 radical (unpaired) electrons. The van der Waals surface area contributed by atoms with Crippen LogP contribution >= 0.6 is 0 Å². The van der Waals surface area contributed by atoms with E-state index in [4.69, 9.17) is 14.0 Å². The van der Waals surface area contributed by atoms with E-state index in [1.54, 1.807) is 0 Å². The molecule has 0 aliphatic heterocycles. The second-order valence-corrected chi connectivity index (χ2v) is 6.15. The first-order valence-corrected chi connectivity index (χ1v) is 8.94. The molecule has 26 heavy (non-hydrogen) atoms. The average Bonchev–Trinajstić information content (AvgIpc) is 2.69. The highest BCUT2D eigenvalue weighted by Crippen LogP contribution is 2.23. The third-order valence-corrected chi connectivity index (χ3v) is 4.24. The lowest BCUT2D eigenvalue weighted by Crippen LogP contribution is -2.36. The molecule has 0 bridgehead atoms. The summed E-state index contributed by atoms with van der Waals surface area (Å²) in [7, 11) is -0.880. The van der Waals surface area contributed by atoms with Gasteiger partial charge in [0.2, 0.25) is 0 Å². The van der Waals surface area contributed by atoms with Crippen molar-refractivity contribution < 1.29 is 14.0 Å². The molecular formula is C22H23BO3. The summed E-state index contributed by atoms with van der Waals surface area (Å²) >= 11 is 0. The van der Waals surface area contributed by atoms with Crippen molar-refractivity contribution in [2.24, 2.45) is 0 Å². The monoisotopic (exact) mass is 346 g/mol. The van der Waals surface area contributed by atoms with Crippen molar-refractivity contribution in [1.29, 1.82) is 0 Å². The number of hydrogen-bond acceptors (Lipinski definition) is 3. The summed E-state index contributed by atoms with van der Waals surface area (Å²) in [6, 6.07) is 27.1. The maximum Gasteiger partial charge on any atom is 0.864 e. The summed E-state index contributed by atoms with van der Waals surface area (Å²) in [5, 5.41) is 0. The Morgan fingerprint density at radius 1 is 0.654 bits per heavy atom. The summed E-state index contributed by atoms with van der Waals surface area (Å²) < 4.78 is 17.7. The fourth-order valence-corrected chi connectivity index (χ4v) is 2.51. The van der Waals surface area contributed by atoms with Crippen molar-refractivity contribution >= 4 is 7.32 Å². The predicted octanol–water partition coefficient (Wildman–Crippen LogP) is 5.72. The van der Waals surface area contributed by atoms with Crippen LogP contribution in [0.5, 0.6) is 17.2 Å². The second kappa shape index (κ2) is 9.00. The Hall–Kier alpha value is -2.88. The van der Waals surface area contributed by atoms with Gasteiger partial charge in [0, 0.05) is 0 Å². The van der Waals surface area contributed by atoms with E-state index < -0.39 is 7.32 Å². The van der Waals surface area contributed by atoms with Gasteiger partial charge in [0.05, 0.1) is 0 Å². The van der Waals surface area contributed by atoms with E-state index in [-0.39, 0.29) is 0 Å². The Balaban J connectivity index is 1.74. The molecule has 1 unspecified atom stereocenters. The van der Waals surface area contributed by atoms with Crippen LogP contribution in [0.15, 0.2) is 84.9 Å². The minimum atomic E-state index is -0.880. The van der Waals surface area contributed by atoms with Crippen molar-refractivity contribution in [2.75, 3.05) is 0 Å².